The van der Waals surface area contributed by atoms with Crippen LogP contribution in [0.1, 0.15) is 44.2 Å². The van der Waals surface area contributed by atoms with Crippen LogP contribution in [-0.4, -0.2) is 14.5 Å². The van der Waals surface area contributed by atoms with Crippen molar-refractivity contribution in [2.24, 2.45) is 11.8 Å². The van der Waals surface area contributed by atoms with Gasteiger partial charge in [0, 0.05) is 6.04 Å². The molecule has 2 rings (SSSR count). The van der Waals surface area contributed by atoms with Gasteiger partial charge in [-0.15, -0.1) is 0 Å². The molecule has 3 unspecified atom stereocenters. The lowest BCUT2D eigenvalue weighted by molar-refractivity contribution is 0.227. The second-order valence-corrected chi connectivity index (χ2v) is 7.77. The Hall–Kier alpha value is -1.38. The van der Waals surface area contributed by atoms with Crippen molar-refractivity contribution in [1.82, 2.24) is 4.72 Å². The molecule has 0 radical (unpaired) electrons. The molecule has 0 heterocycles. The first-order valence-corrected chi connectivity index (χ1v) is 9.06. The van der Waals surface area contributed by atoms with Crippen LogP contribution in [0.15, 0.2) is 24.3 Å². The molecule has 1 aliphatic carbocycles. The molecule has 21 heavy (non-hydrogen) atoms. The molecule has 0 spiro atoms. The molecule has 0 aromatic heterocycles. The number of hydrogen-bond donors (Lipinski definition) is 1. The molecule has 0 saturated heterocycles. The summed E-state index contributed by atoms with van der Waals surface area (Å²) < 4.78 is 27.6. The van der Waals surface area contributed by atoms with Crippen molar-refractivity contribution in [1.29, 1.82) is 5.26 Å². The highest BCUT2D eigenvalue weighted by Gasteiger charge is 2.30. The second-order valence-electron chi connectivity index (χ2n) is 6.02. The molecule has 1 aliphatic rings. The van der Waals surface area contributed by atoms with Crippen molar-refractivity contribution < 1.29 is 8.42 Å². The Morgan fingerprint density at radius 2 is 2.00 bits per heavy atom. The van der Waals surface area contributed by atoms with Crippen molar-refractivity contribution in [3.63, 3.8) is 0 Å². The fourth-order valence-corrected chi connectivity index (χ4v) is 4.52. The molecule has 0 amide bonds. The Morgan fingerprint density at radius 1 is 1.29 bits per heavy atom. The Balaban J connectivity index is 2.10. The van der Waals surface area contributed by atoms with Crippen LogP contribution in [0.25, 0.3) is 0 Å². The third-order valence-electron chi connectivity index (χ3n) is 4.52. The molecule has 1 N–H and O–H groups in total. The van der Waals surface area contributed by atoms with Gasteiger partial charge in [-0.05, 0) is 29.9 Å². The molecule has 1 aromatic rings. The molecule has 1 fully saturated rings. The summed E-state index contributed by atoms with van der Waals surface area (Å²) in [5.74, 6) is 0.756. The number of rotatable bonds is 4. The summed E-state index contributed by atoms with van der Waals surface area (Å²) in [5.41, 5.74) is 0.983. The molecule has 0 bridgehead atoms. The van der Waals surface area contributed by atoms with E-state index in [1.165, 1.54) is 0 Å². The molecule has 5 heteroatoms. The van der Waals surface area contributed by atoms with Gasteiger partial charge in [0.15, 0.2) is 0 Å². The summed E-state index contributed by atoms with van der Waals surface area (Å²) in [6, 6.07) is 8.90. The van der Waals surface area contributed by atoms with Crippen LogP contribution in [-0.2, 0) is 15.8 Å². The molecule has 1 aromatic carbocycles. The van der Waals surface area contributed by atoms with Crippen LogP contribution in [0.5, 0.6) is 0 Å². The van der Waals surface area contributed by atoms with Gasteiger partial charge in [-0.2, -0.15) is 5.26 Å². The molecule has 4 nitrogen and oxygen atoms in total. The summed E-state index contributed by atoms with van der Waals surface area (Å²) in [6.07, 6.45) is 3.12. The minimum Gasteiger partial charge on any atom is -0.212 e. The van der Waals surface area contributed by atoms with Gasteiger partial charge < -0.3 is 0 Å². The lowest BCUT2D eigenvalue weighted by atomic mass is 9.78. The van der Waals surface area contributed by atoms with E-state index in [-0.39, 0.29) is 11.8 Å². The topological polar surface area (TPSA) is 70.0 Å². The molecular weight excluding hydrogens is 284 g/mol. The third-order valence-corrected chi connectivity index (χ3v) is 5.87. The maximum absolute atomic E-state index is 12.4. The predicted molar refractivity (Wildman–Crippen MR) is 82.9 cm³/mol. The zero-order valence-corrected chi connectivity index (χ0v) is 13.4. The zero-order chi connectivity index (χ0) is 15.5. The van der Waals surface area contributed by atoms with E-state index in [0.717, 1.165) is 19.3 Å². The monoisotopic (exact) mass is 306 g/mol. The van der Waals surface area contributed by atoms with Crippen LogP contribution in [0.4, 0.5) is 0 Å². The highest BCUT2D eigenvalue weighted by atomic mass is 32.2. The lowest BCUT2D eigenvalue weighted by Crippen LogP contribution is -2.44. The number of benzene rings is 1. The van der Waals surface area contributed by atoms with Gasteiger partial charge >= 0.3 is 0 Å². The van der Waals surface area contributed by atoms with E-state index in [9.17, 15) is 8.42 Å². The third kappa shape index (κ3) is 4.05. The van der Waals surface area contributed by atoms with E-state index in [4.69, 9.17) is 5.26 Å². The fraction of sp³-hybridized carbons (Fsp3) is 0.562. The van der Waals surface area contributed by atoms with Crippen molar-refractivity contribution in [3.05, 3.63) is 35.4 Å². The van der Waals surface area contributed by atoms with E-state index in [2.05, 4.69) is 18.6 Å². The van der Waals surface area contributed by atoms with E-state index in [1.807, 2.05) is 6.07 Å². The predicted octanol–water partition coefficient (Wildman–Crippen LogP) is 2.80. The summed E-state index contributed by atoms with van der Waals surface area (Å²) in [4.78, 5) is 0. The molecule has 3 atom stereocenters. The van der Waals surface area contributed by atoms with Crippen molar-refractivity contribution in [3.8, 4) is 6.07 Å². The first-order chi connectivity index (χ1) is 9.93. The van der Waals surface area contributed by atoms with E-state index >= 15 is 0 Å². The van der Waals surface area contributed by atoms with E-state index in [1.54, 1.807) is 24.3 Å². The highest BCUT2D eigenvalue weighted by molar-refractivity contribution is 7.88. The minimum absolute atomic E-state index is 0.00741. The van der Waals surface area contributed by atoms with Crippen molar-refractivity contribution in [2.45, 2.75) is 44.9 Å². The largest absolute Gasteiger partial charge is 0.216 e. The number of hydrogen-bond acceptors (Lipinski definition) is 3. The lowest BCUT2D eigenvalue weighted by Gasteiger charge is -2.34. The molecule has 0 aliphatic heterocycles. The number of sulfonamides is 1. The smallest absolute Gasteiger partial charge is 0.212 e. The Morgan fingerprint density at radius 3 is 2.71 bits per heavy atom. The van der Waals surface area contributed by atoms with Crippen molar-refractivity contribution in [2.75, 3.05) is 0 Å². The van der Waals surface area contributed by atoms with Gasteiger partial charge in [-0.3, -0.25) is 0 Å². The average Bonchev–Trinajstić information content (AvgIpc) is 2.44. The molecular formula is C16H22N2O2S. The summed E-state index contributed by atoms with van der Waals surface area (Å²) in [6.45, 7) is 4.29. The van der Waals surface area contributed by atoms with Gasteiger partial charge in [0.25, 0.3) is 0 Å². The van der Waals surface area contributed by atoms with Gasteiger partial charge in [-0.1, -0.05) is 44.9 Å². The average molecular weight is 306 g/mol. The summed E-state index contributed by atoms with van der Waals surface area (Å²) in [7, 11) is -3.42. The maximum atomic E-state index is 12.4. The van der Waals surface area contributed by atoms with Gasteiger partial charge in [0.1, 0.15) is 0 Å². The number of nitrogens with one attached hydrogen (secondary N) is 1. The Labute approximate surface area is 127 Å². The first-order valence-electron chi connectivity index (χ1n) is 7.41. The number of nitriles is 1. The molecule has 114 valence electrons. The fourth-order valence-electron chi connectivity index (χ4n) is 2.98. The van der Waals surface area contributed by atoms with Crippen LogP contribution in [0, 0.1) is 23.2 Å². The van der Waals surface area contributed by atoms with Gasteiger partial charge in [-0.25, -0.2) is 13.1 Å². The summed E-state index contributed by atoms with van der Waals surface area (Å²) in [5, 5.41) is 9.05. The molecule has 1 saturated carbocycles. The first kappa shape index (κ1) is 16.0. The van der Waals surface area contributed by atoms with Crippen LogP contribution in [0.2, 0.25) is 0 Å². The number of nitrogens with zero attached hydrogens (tertiary/aromatic N) is 1. The van der Waals surface area contributed by atoms with Crippen molar-refractivity contribution >= 4 is 10.0 Å². The maximum Gasteiger partial charge on any atom is 0.216 e. The van der Waals surface area contributed by atoms with Gasteiger partial charge in [0.2, 0.25) is 10.0 Å². The SMILES string of the molecule is CC1CCCC(NS(=O)(=O)Cc2ccccc2C#N)C1C. The van der Waals surface area contributed by atoms with E-state index < -0.39 is 10.0 Å². The van der Waals surface area contributed by atoms with Crippen LogP contribution >= 0.6 is 0 Å². The Bertz CT molecular complexity index is 634. The normalized spacial score (nSPS) is 26.2. The summed E-state index contributed by atoms with van der Waals surface area (Å²) >= 11 is 0. The standard InChI is InChI=1S/C16H22N2O2S/c1-12-6-5-9-16(13(12)2)18-21(19,20)11-15-8-4-3-7-14(15)10-17/h3-4,7-8,12-13,16,18H,5-6,9,11H2,1-2H3. The van der Waals surface area contributed by atoms with E-state index in [0.29, 0.717) is 23.0 Å². The Kier molecular flexibility index (Phi) is 5.02. The van der Waals surface area contributed by atoms with Gasteiger partial charge in [0.05, 0.1) is 17.4 Å². The highest BCUT2D eigenvalue weighted by Crippen LogP contribution is 2.30. The zero-order valence-electron chi connectivity index (χ0n) is 12.5. The van der Waals surface area contributed by atoms with Crippen LogP contribution in [0.3, 0.4) is 0 Å². The quantitative estimate of drug-likeness (QED) is 0.930. The minimum atomic E-state index is -3.42. The second kappa shape index (κ2) is 6.59. The van der Waals surface area contributed by atoms with Crippen LogP contribution < -0.4 is 4.72 Å².